The van der Waals surface area contributed by atoms with Crippen molar-refractivity contribution in [2.24, 2.45) is 0 Å². The zero-order valence-electron chi connectivity index (χ0n) is 22.0. The second-order valence-electron chi connectivity index (χ2n) is 9.42. The van der Waals surface area contributed by atoms with Crippen molar-refractivity contribution in [1.82, 2.24) is 30.0 Å². The molecule has 14 heteroatoms. The number of benzene rings is 1. The molecule has 0 aliphatic carbocycles. The van der Waals surface area contributed by atoms with Crippen LogP contribution in [0.1, 0.15) is 44.6 Å². The Morgan fingerprint density at radius 2 is 1.93 bits per heavy atom. The van der Waals surface area contributed by atoms with Crippen molar-refractivity contribution in [2.45, 2.75) is 32.0 Å². The van der Waals surface area contributed by atoms with Crippen molar-refractivity contribution in [1.29, 1.82) is 0 Å². The number of aromatic nitrogens is 5. The average Bonchev–Trinajstić information content (AvgIpc) is 3.69. The van der Waals surface area contributed by atoms with Gasteiger partial charge in [0, 0.05) is 45.8 Å². The van der Waals surface area contributed by atoms with E-state index in [-0.39, 0.29) is 24.6 Å². The number of methoxy groups -OCH3 is 1. The van der Waals surface area contributed by atoms with Gasteiger partial charge >= 0.3 is 0 Å². The van der Waals surface area contributed by atoms with Gasteiger partial charge in [0.25, 0.3) is 11.5 Å². The first-order valence-electron chi connectivity index (χ1n) is 12.6. The monoisotopic (exact) mass is 588 g/mol. The molecule has 6 rings (SSSR count). The molecule has 208 valence electrons. The number of carbonyl (C=O) groups is 2. The van der Waals surface area contributed by atoms with Crippen LogP contribution in [0.2, 0.25) is 0 Å². The molecule has 5 aromatic rings. The summed E-state index contributed by atoms with van der Waals surface area (Å²) >= 11 is 2.96. The van der Waals surface area contributed by atoms with Crippen LogP contribution in [0.25, 0.3) is 20.7 Å². The van der Waals surface area contributed by atoms with E-state index in [0.717, 1.165) is 30.5 Å². The van der Waals surface area contributed by atoms with E-state index >= 15 is 0 Å². The number of carbonyl (C=O) groups excluding carboxylic acids is 2. The molecular weight excluding hydrogens is 564 g/mol. The Bertz CT molecular complexity index is 1850. The molecule has 12 nitrogen and oxygen atoms in total. The normalized spacial score (nSPS) is 16.0. The second-order valence-corrected chi connectivity index (χ2v) is 11.8. The van der Waals surface area contributed by atoms with Gasteiger partial charge in [0.15, 0.2) is 0 Å². The third-order valence-corrected chi connectivity index (χ3v) is 8.71. The topological polar surface area (TPSA) is 167 Å². The Labute approximate surface area is 241 Å². The number of nitrogens with one attached hydrogen (secondary N) is 2. The molecule has 5 heterocycles. The van der Waals surface area contributed by atoms with Crippen LogP contribution in [-0.4, -0.2) is 43.7 Å². The first-order chi connectivity index (χ1) is 19.8. The standard InChI is InChI=1S/C27H24N8O4S2/c1-13-33-34-26(40-13)15-5-3-14(4-6-15)24(36)32-18-12-30-23-20(39-2)8-19(35(23)27(18)38)25(37)31-11-17-7-16-10-29-22(28)9-21(16)41-17/h3-7,9-10,12,19-20H,8,11H2,1-2H3,(H2,28,29)(H,31,37)(H,32,36)/t19-,20+/m0/s1. The number of nitrogens with zero attached hydrogens (tertiary/aromatic N) is 5. The van der Waals surface area contributed by atoms with E-state index in [9.17, 15) is 14.4 Å². The third kappa shape index (κ3) is 5.19. The van der Waals surface area contributed by atoms with Crippen LogP contribution < -0.4 is 21.9 Å². The van der Waals surface area contributed by atoms with Crippen LogP contribution in [0.15, 0.2) is 53.6 Å². The first kappa shape index (κ1) is 26.7. The Kier molecular flexibility index (Phi) is 7.03. The van der Waals surface area contributed by atoms with E-state index < -0.39 is 23.6 Å². The van der Waals surface area contributed by atoms with E-state index in [1.165, 1.54) is 40.5 Å². The lowest BCUT2D eigenvalue weighted by molar-refractivity contribution is -0.124. The van der Waals surface area contributed by atoms with Crippen molar-refractivity contribution in [3.63, 3.8) is 0 Å². The van der Waals surface area contributed by atoms with Crippen LogP contribution in [0.4, 0.5) is 11.5 Å². The average molecular weight is 589 g/mol. The Morgan fingerprint density at radius 3 is 2.66 bits per heavy atom. The van der Waals surface area contributed by atoms with Crippen molar-refractivity contribution in [3.8, 4) is 10.6 Å². The first-order valence-corrected chi connectivity index (χ1v) is 14.2. The summed E-state index contributed by atoms with van der Waals surface area (Å²) in [6, 6.07) is 9.72. The third-order valence-electron chi connectivity index (χ3n) is 6.72. The SMILES string of the molecule is CO[C@@H]1C[C@@H](C(=O)NCc2cc3cnc(N)cc3s2)n2c1ncc(NC(=O)c1ccc(-c3nnc(C)s3)cc1)c2=O. The molecule has 0 saturated heterocycles. The fourth-order valence-electron chi connectivity index (χ4n) is 4.70. The van der Waals surface area contributed by atoms with Crippen molar-refractivity contribution in [2.75, 3.05) is 18.2 Å². The number of hydrogen-bond acceptors (Lipinski definition) is 11. The number of fused-ring (bicyclic) bond motifs is 2. The van der Waals surface area contributed by atoms with Gasteiger partial charge in [-0.1, -0.05) is 23.5 Å². The van der Waals surface area contributed by atoms with Crippen LogP contribution in [0.3, 0.4) is 0 Å². The lowest BCUT2D eigenvalue weighted by Crippen LogP contribution is -2.36. The van der Waals surface area contributed by atoms with Gasteiger partial charge in [-0.15, -0.1) is 21.5 Å². The number of anilines is 2. The zero-order chi connectivity index (χ0) is 28.7. The number of nitrogens with two attached hydrogens (primary N) is 1. The summed E-state index contributed by atoms with van der Waals surface area (Å²) in [7, 11) is 1.50. The zero-order valence-corrected chi connectivity index (χ0v) is 23.6. The van der Waals surface area contributed by atoms with Gasteiger partial charge in [0.05, 0.1) is 12.7 Å². The number of hydrogen-bond donors (Lipinski definition) is 3. The number of pyridine rings is 1. The molecule has 0 spiro atoms. The van der Waals surface area contributed by atoms with Crippen molar-refractivity contribution in [3.05, 3.63) is 80.4 Å². The van der Waals surface area contributed by atoms with Crippen LogP contribution >= 0.6 is 22.7 Å². The molecule has 0 unspecified atom stereocenters. The van der Waals surface area contributed by atoms with Gasteiger partial charge in [0.1, 0.15) is 39.5 Å². The van der Waals surface area contributed by atoms with E-state index in [2.05, 4.69) is 30.8 Å². The molecule has 0 radical (unpaired) electrons. The molecule has 41 heavy (non-hydrogen) atoms. The largest absolute Gasteiger partial charge is 0.384 e. The highest BCUT2D eigenvalue weighted by atomic mass is 32.1. The van der Waals surface area contributed by atoms with E-state index in [4.69, 9.17) is 10.5 Å². The van der Waals surface area contributed by atoms with Crippen molar-refractivity contribution < 1.29 is 14.3 Å². The molecule has 0 saturated carbocycles. The molecule has 2 amide bonds. The van der Waals surface area contributed by atoms with E-state index in [1.807, 2.05) is 13.0 Å². The summed E-state index contributed by atoms with van der Waals surface area (Å²) in [4.78, 5) is 49.2. The van der Waals surface area contributed by atoms with Gasteiger partial charge in [-0.2, -0.15) is 0 Å². The van der Waals surface area contributed by atoms with Gasteiger partial charge in [0.2, 0.25) is 5.91 Å². The van der Waals surface area contributed by atoms with E-state index in [1.54, 1.807) is 36.5 Å². The van der Waals surface area contributed by atoms with Crippen LogP contribution in [0.5, 0.6) is 0 Å². The van der Waals surface area contributed by atoms with Gasteiger partial charge < -0.3 is 21.1 Å². The Morgan fingerprint density at radius 1 is 1.12 bits per heavy atom. The molecule has 0 bridgehead atoms. The minimum Gasteiger partial charge on any atom is -0.384 e. The van der Waals surface area contributed by atoms with Gasteiger partial charge in [-0.25, -0.2) is 9.97 Å². The predicted molar refractivity (Wildman–Crippen MR) is 156 cm³/mol. The molecule has 1 aromatic carbocycles. The van der Waals surface area contributed by atoms with E-state index in [0.29, 0.717) is 17.2 Å². The number of amides is 2. The number of ether oxygens (including phenoxy) is 1. The molecular formula is C27H24N8O4S2. The smallest absolute Gasteiger partial charge is 0.278 e. The highest BCUT2D eigenvalue weighted by Gasteiger charge is 2.38. The quantitative estimate of drug-likeness (QED) is 0.258. The van der Waals surface area contributed by atoms with Crippen LogP contribution in [-0.2, 0) is 16.1 Å². The number of rotatable bonds is 7. The lowest BCUT2D eigenvalue weighted by atomic mass is 10.1. The maximum Gasteiger partial charge on any atom is 0.278 e. The minimum atomic E-state index is -0.854. The van der Waals surface area contributed by atoms with Gasteiger partial charge in [-0.05, 0) is 31.2 Å². The molecule has 1 aliphatic rings. The highest BCUT2D eigenvalue weighted by Crippen LogP contribution is 2.34. The van der Waals surface area contributed by atoms with Crippen LogP contribution in [0, 0.1) is 6.92 Å². The second kappa shape index (κ2) is 10.8. The Balaban J connectivity index is 1.20. The lowest BCUT2D eigenvalue weighted by Gasteiger charge is -2.15. The summed E-state index contributed by atoms with van der Waals surface area (Å²) in [6.07, 6.45) is 2.69. The number of nitrogen functional groups attached to an aromatic ring is 1. The molecule has 0 fully saturated rings. The fraction of sp³-hybridized carbons (Fsp3) is 0.222. The maximum atomic E-state index is 13.5. The van der Waals surface area contributed by atoms with Gasteiger partial charge in [-0.3, -0.25) is 19.0 Å². The summed E-state index contributed by atoms with van der Waals surface area (Å²) in [5.41, 5.74) is 6.39. The summed E-state index contributed by atoms with van der Waals surface area (Å²) < 4.78 is 7.78. The minimum absolute atomic E-state index is 0.0354. The summed E-state index contributed by atoms with van der Waals surface area (Å²) in [6.45, 7) is 2.14. The molecule has 4 N–H and O–H groups in total. The Hall–Kier alpha value is -4.53. The van der Waals surface area contributed by atoms with Crippen molar-refractivity contribution >= 4 is 56.1 Å². The maximum absolute atomic E-state index is 13.5. The number of aryl methyl sites for hydroxylation is 1. The molecule has 1 aliphatic heterocycles. The molecule has 2 atom stereocenters. The fourth-order valence-corrected chi connectivity index (χ4v) is 6.42. The summed E-state index contributed by atoms with van der Waals surface area (Å²) in [5, 5.41) is 16.2. The predicted octanol–water partition coefficient (Wildman–Crippen LogP) is 3.46. The summed E-state index contributed by atoms with van der Waals surface area (Å²) in [5.74, 6) is -0.0728. The number of thiophene rings is 1. The molecule has 4 aromatic heterocycles. The highest BCUT2D eigenvalue weighted by molar-refractivity contribution is 7.19.